The fourth-order valence-electron chi connectivity index (χ4n) is 3.32. The second-order valence-corrected chi connectivity index (χ2v) is 9.61. The number of benzene rings is 1. The Bertz CT molecular complexity index is 706. The maximum absolute atomic E-state index is 13.2. The van der Waals surface area contributed by atoms with Crippen molar-refractivity contribution in [2.24, 2.45) is 5.73 Å². The van der Waals surface area contributed by atoms with Crippen LogP contribution >= 0.6 is 11.6 Å². The van der Waals surface area contributed by atoms with Crippen molar-refractivity contribution >= 4 is 27.3 Å². The molecule has 0 unspecified atom stereocenters. The maximum Gasteiger partial charge on any atom is 0.241 e. The molecule has 1 amide bonds. The minimum absolute atomic E-state index is 0.138. The zero-order valence-corrected chi connectivity index (χ0v) is 16.4. The molecule has 1 aliphatic rings. The monoisotopic (exact) mass is 386 g/mol. The molecule has 1 fully saturated rings. The molecule has 0 atom stereocenters. The molecule has 0 aliphatic heterocycles. The van der Waals surface area contributed by atoms with Crippen LogP contribution in [0.4, 0.5) is 0 Å². The zero-order chi connectivity index (χ0) is 18.7. The maximum atomic E-state index is 13.2. The van der Waals surface area contributed by atoms with Crippen molar-refractivity contribution in [2.45, 2.75) is 67.6 Å². The quantitative estimate of drug-likeness (QED) is 0.753. The van der Waals surface area contributed by atoms with Gasteiger partial charge in [-0.15, -0.1) is 0 Å². The second-order valence-electron chi connectivity index (χ2n) is 6.91. The van der Waals surface area contributed by atoms with E-state index in [0.29, 0.717) is 30.7 Å². The van der Waals surface area contributed by atoms with E-state index in [1.54, 1.807) is 0 Å². The lowest BCUT2D eigenvalue weighted by Crippen LogP contribution is -2.56. The van der Waals surface area contributed by atoms with E-state index in [9.17, 15) is 13.2 Å². The van der Waals surface area contributed by atoms with Crippen LogP contribution in [0.25, 0.3) is 0 Å². The first-order valence-corrected chi connectivity index (χ1v) is 10.6. The SMILES string of the molecule is CCC(N)(CC)CNC(=O)C1(S(=O)(=O)c2ccc(Cl)cc2)CCCC1. The van der Waals surface area contributed by atoms with Gasteiger partial charge in [0.1, 0.15) is 0 Å². The van der Waals surface area contributed by atoms with Crippen LogP contribution in [-0.4, -0.2) is 31.2 Å². The summed E-state index contributed by atoms with van der Waals surface area (Å²) in [7, 11) is -3.81. The fraction of sp³-hybridized carbons (Fsp3) is 0.611. The Morgan fingerprint density at radius 1 is 1.20 bits per heavy atom. The number of sulfone groups is 1. The standard InChI is InChI=1S/C18H27ClN2O3S/c1-3-17(20,4-2)13-21-16(22)18(11-5-6-12-18)25(23,24)15-9-7-14(19)8-10-15/h7-10H,3-6,11-13,20H2,1-2H3,(H,21,22). The van der Waals surface area contributed by atoms with Crippen molar-refractivity contribution in [3.63, 3.8) is 0 Å². The molecule has 0 bridgehead atoms. The molecule has 1 aliphatic carbocycles. The summed E-state index contributed by atoms with van der Waals surface area (Å²) in [5.74, 6) is -0.434. The molecule has 140 valence electrons. The van der Waals surface area contributed by atoms with Crippen LogP contribution in [0.15, 0.2) is 29.2 Å². The van der Waals surface area contributed by atoms with Crippen molar-refractivity contribution in [2.75, 3.05) is 6.54 Å². The highest BCUT2D eigenvalue weighted by atomic mass is 35.5. The highest BCUT2D eigenvalue weighted by Gasteiger charge is 2.53. The van der Waals surface area contributed by atoms with E-state index >= 15 is 0 Å². The van der Waals surface area contributed by atoms with Crippen LogP contribution in [0.3, 0.4) is 0 Å². The van der Waals surface area contributed by atoms with E-state index in [4.69, 9.17) is 17.3 Å². The summed E-state index contributed by atoms with van der Waals surface area (Å²) < 4.78 is 25.1. The molecular formula is C18H27ClN2O3S. The largest absolute Gasteiger partial charge is 0.353 e. The highest BCUT2D eigenvalue weighted by Crippen LogP contribution is 2.41. The average molecular weight is 387 g/mol. The minimum atomic E-state index is -3.81. The molecule has 3 N–H and O–H groups in total. The van der Waals surface area contributed by atoms with Gasteiger partial charge in [-0.1, -0.05) is 38.3 Å². The van der Waals surface area contributed by atoms with Crippen LogP contribution in [0, 0.1) is 0 Å². The van der Waals surface area contributed by atoms with Gasteiger partial charge in [-0.05, 0) is 49.9 Å². The topological polar surface area (TPSA) is 89.3 Å². The molecule has 2 rings (SSSR count). The third kappa shape index (κ3) is 3.86. The molecular weight excluding hydrogens is 360 g/mol. The van der Waals surface area contributed by atoms with Crippen molar-refractivity contribution in [3.8, 4) is 0 Å². The lowest BCUT2D eigenvalue weighted by molar-refractivity contribution is -0.123. The fourth-order valence-corrected chi connectivity index (χ4v) is 5.53. The number of nitrogens with one attached hydrogen (secondary N) is 1. The number of amides is 1. The van der Waals surface area contributed by atoms with Crippen LogP contribution < -0.4 is 11.1 Å². The molecule has 0 aromatic heterocycles. The Morgan fingerprint density at radius 2 is 1.72 bits per heavy atom. The van der Waals surface area contributed by atoms with Gasteiger partial charge < -0.3 is 11.1 Å². The van der Waals surface area contributed by atoms with Crippen molar-refractivity contribution in [1.29, 1.82) is 0 Å². The summed E-state index contributed by atoms with van der Waals surface area (Å²) in [5.41, 5.74) is 5.73. The van der Waals surface area contributed by atoms with Gasteiger partial charge in [-0.25, -0.2) is 8.42 Å². The summed E-state index contributed by atoms with van der Waals surface area (Å²) in [6.07, 6.45) is 3.52. The molecule has 1 saturated carbocycles. The zero-order valence-electron chi connectivity index (χ0n) is 14.8. The lowest BCUT2D eigenvalue weighted by Gasteiger charge is -2.31. The molecule has 1 aromatic carbocycles. The first-order chi connectivity index (χ1) is 11.7. The average Bonchev–Trinajstić information content (AvgIpc) is 3.11. The Balaban J connectivity index is 2.31. The Hall–Kier alpha value is -1.11. The summed E-state index contributed by atoms with van der Waals surface area (Å²) in [5, 5.41) is 3.29. The van der Waals surface area contributed by atoms with Gasteiger partial charge in [0.2, 0.25) is 5.91 Å². The third-order valence-corrected chi connectivity index (χ3v) is 8.24. The summed E-state index contributed by atoms with van der Waals surface area (Å²) >= 11 is 5.86. The van der Waals surface area contributed by atoms with Gasteiger partial charge >= 0.3 is 0 Å². The van der Waals surface area contributed by atoms with Crippen LogP contribution in [0.5, 0.6) is 0 Å². The summed E-state index contributed by atoms with van der Waals surface area (Å²) in [4.78, 5) is 13.1. The predicted octanol–water partition coefficient (Wildman–Crippen LogP) is 3.06. The van der Waals surface area contributed by atoms with Crippen LogP contribution in [0.1, 0.15) is 52.4 Å². The molecule has 0 saturated heterocycles. The number of nitrogens with two attached hydrogens (primary N) is 1. The van der Waals surface area contributed by atoms with Crippen molar-refractivity contribution in [3.05, 3.63) is 29.3 Å². The summed E-state index contributed by atoms with van der Waals surface area (Å²) in [6.45, 7) is 4.20. The second kappa shape index (κ2) is 7.64. The highest BCUT2D eigenvalue weighted by molar-refractivity contribution is 7.93. The number of hydrogen-bond acceptors (Lipinski definition) is 4. The van der Waals surface area contributed by atoms with E-state index in [-0.39, 0.29) is 11.4 Å². The smallest absolute Gasteiger partial charge is 0.241 e. The molecule has 0 radical (unpaired) electrons. The van der Waals surface area contributed by atoms with Gasteiger partial charge in [0.15, 0.2) is 14.6 Å². The third-order valence-electron chi connectivity index (χ3n) is 5.47. The normalized spacial score (nSPS) is 17.4. The minimum Gasteiger partial charge on any atom is -0.353 e. The molecule has 25 heavy (non-hydrogen) atoms. The summed E-state index contributed by atoms with van der Waals surface area (Å²) in [6, 6.07) is 6.01. The first-order valence-electron chi connectivity index (χ1n) is 8.78. The predicted molar refractivity (Wildman–Crippen MR) is 100 cm³/mol. The first kappa shape index (κ1) is 20.2. The van der Waals surface area contributed by atoms with Gasteiger partial charge in [-0.2, -0.15) is 0 Å². The van der Waals surface area contributed by atoms with Crippen molar-refractivity contribution < 1.29 is 13.2 Å². The van der Waals surface area contributed by atoms with E-state index in [2.05, 4.69) is 5.32 Å². The molecule has 5 nitrogen and oxygen atoms in total. The van der Waals surface area contributed by atoms with Gasteiger partial charge in [0.05, 0.1) is 4.90 Å². The van der Waals surface area contributed by atoms with Gasteiger partial charge in [0, 0.05) is 17.1 Å². The van der Waals surface area contributed by atoms with E-state index in [1.807, 2.05) is 13.8 Å². The lowest BCUT2D eigenvalue weighted by atomic mass is 9.94. The number of halogens is 1. The molecule has 1 aromatic rings. The van der Waals surface area contributed by atoms with Crippen LogP contribution in [-0.2, 0) is 14.6 Å². The van der Waals surface area contributed by atoms with E-state index < -0.39 is 26.0 Å². The van der Waals surface area contributed by atoms with Gasteiger partial charge in [0.25, 0.3) is 0 Å². The Morgan fingerprint density at radius 3 is 2.20 bits per heavy atom. The molecule has 0 heterocycles. The Kier molecular flexibility index (Phi) is 6.17. The molecule has 0 spiro atoms. The number of carbonyl (C=O) groups excluding carboxylic acids is 1. The number of rotatable bonds is 7. The Labute approximate surface area is 155 Å². The number of carbonyl (C=O) groups is 1. The molecule has 7 heteroatoms. The van der Waals surface area contributed by atoms with E-state index in [1.165, 1.54) is 24.3 Å². The van der Waals surface area contributed by atoms with Gasteiger partial charge in [-0.3, -0.25) is 4.79 Å². The van der Waals surface area contributed by atoms with Crippen LogP contribution in [0.2, 0.25) is 5.02 Å². The van der Waals surface area contributed by atoms with Crippen molar-refractivity contribution in [1.82, 2.24) is 5.32 Å². The number of hydrogen-bond donors (Lipinski definition) is 2. The van der Waals surface area contributed by atoms with E-state index in [0.717, 1.165) is 12.8 Å².